The summed E-state index contributed by atoms with van der Waals surface area (Å²) in [5.41, 5.74) is 3.01. The molecule has 1 amide bonds. The lowest BCUT2D eigenvalue weighted by molar-refractivity contribution is 0.102. The Bertz CT molecular complexity index is 1190. The molecule has 0 saturated carbocycles. The third-order valence-electron chi connectivity index (χ3n) is 4.40. The first-order valence-corrected chi connectivity index (χ1v) is 9.23. The molecule has 1 heterocycles. The van der Waals surface area contributed by atoms with Crippen LogP contribution in [0.3, 0.4) is 0 Å². The zero-order valence-electron chi connectivity index (χ0n) is 15.8. The third-order valence-corrected chi connectivity index (χ3v) is 4.40. The summed E-state index contributed by atoms with van der Waals surface area (Å²) in [7, 11) is 0. The lowest BCUT2D eigenvalue weighted by atomic mass is 10.1. The zero-order chi connectivity index (χ0) is 20.9. The normalized spacial score (nSPS) is 10.5. The Labute approximate surface area is 172 Å². The monoisotopic (exact) mass is 401 g/mol. The summed E-state index contributed by atoms with van der Waals surface area (Å²) in [6.07, 6.45) is 1.65. The highest BCUT2D eigenvalue weighted by molar-refractivity contribution is 6.04. The van der Waals surface area contributed by atoms with Gasteiger partial charge in [0.25, 0.3) is 5.91 Å². The number of benzene rings is 3. The van der Waals surface area contributed by atoms with Crippen LogP contribution < -0.4 is 10.6 Å². The van der Waals surface area contributed by atoms with Gasteiger partial charge in [-0.2, -0.15) is 0 Å². The van der Waals surface area contributed by atoms with Gasteiger partial charge >= 0.3 is 0 Å². The quantitative estimate of drug-likeness (QED) is 0.430. The maximum absolute atomic E-state index is 13.4. The van der Waals surface area contributed by atoms with E-state index in [0.29, 0.717) is 22.8 Å². The fraction of sp³-hybridized carbons (Fsp3) is 0. The van der Waals surface area contributed by atoms with Crippen LogP contribution in [0.25, 0.3) is 11.1 Å². The van der Waals surface area contributed by atoms with Gasteiger partial charge < -0.3 is 10.6 Å². The van der Waals surface area contributed by atoms with Crippen LogP contribution in [0.4, 0.5) is 26.0 Å². The van der Waals surface area contributed by atoms with E-state index in [1.165, 1.54) is 30.3 Å². The number of halogens is 2. The molecule has 0 spiro atoms. The molecule has 1 aromatic heterocycles. The molecule has 30 heavy (non-hydrogen) atoms. The molecule has 0 radical (unpaired) electrons. The molecular formula is C24H17F2N3O. The van der Waals surface area contributed by atoms with Crippen molar-refractivity contribution in [1.82, 2.24) is 4.98 Å². The Kier molecular flexibility index (Phi) is 5.48. The second-order valence-corrected chi connectivity index (χ2v) is 6.61. The highest BCUT2D eigenvalue weighted by Gasteiger charge is 2.08. The van der Waals surface area contributed by atoms with Gasteiger partial charge in [0.15, 0.2) is 0 Å². The predicted octanol–water partition coefficient (Wildman–Crippen LogP) is 6.02. The smallest absolute Gasteiger partial charge is 0.255 e. The molecule has 0 aliphatic carbocycles. The molecule has 3 aromatic carbocycles. The minimum atomic E-state index is -0.420. The SMILES string of the molecule is O=C(Nc1cccc(F)c1)c1cccc(Nc2ccc(-c3cccc(F)c3)cn2)c1. The van der Waals surface area contributed by atoms with E-state index in [4.69, 9.17) is 0 Å². The molecule has 6 heteroatoms. The number of aromatic nitrogens is 1. The number of rotatable bonds is 5. The molecule has 148 valence electrons. The fourth-order valence-electron chi connectivity index (χ4n) is 2.96. The third kappa shape index (κ3) is 4.67. The number of carbonyl (C=O) groups excluding carboxylic acids is 1. The van der Waals surface area contributed by atoms with Crippen molar-refractivity contribution < 1.29 is 13.6 Å². The number of hydrogen-bond donors (Lipinski definition) is 2. The van der Waals surface area contributed by atoms with Crippen molar-refractivity contribution in [2.75, 3.05) is 10.6 Å². The molecule has 4 aromatic rings. The van der Waals surface area contributed by atoms with Crippen LogP contribution >= 0.6 is 0 Å². The first-order valence-electron chi connectivity index (χ1n) is 9.23. The minimum absolute atomic E-state index is 0.303. The van der Waals surface area contributed by atoms with Crippen molar-refractivity contribution in [3.63, 3.8) is 0 Å². The number of pyridine rings is 1. The van der Waals surface area contributed by atoms with Crippen LogP contribution in [-0.2, 0) is 0 Å². The van der Waals surface area contributed by atoms with Crippen LogP contribution in [0.2, 0.25) is 0 Å². The molecule has 0 aliphatic rings. The van der Waals surface area contributed by atoms with Crippen molar-refractivity contribution in [3.05, 3.63) is 108 Å². The fourth-order valence-corrected chi connectivity index (χ4v) is 2.96. The van der Waals surface area contributed by atoms with Gasteiger partial charge in [-0.1, -0.05) is 24.3 Å². The molecular weight excluding hydrogens is 384 g/mol. The van der Waals surface area contributed by atoms with Gasteiger partial charge in [0.1, 0.15) is 17.5 Å². The summed E-state index contributed by atoms with van der Waals surface area (Å²) in [5, 5.41) is 5.80. The van der Waals surface area contributed by atoms with Gasteiger partial charge in [0.2, 0.25) is 0 Å². The van der Waals surface area contributed by atoms with Crippen LogP contribution in [0.15, 0.2) is 91.1 Å². The van der Waals surface area contributed by atoms with Crippen molar-refractivity contribution in [2.24, 2.45) is 0 Å². The Balaban J connectivity index is 1.47. The molecule has 0 atom stereocenters. The first-order chi connectivity index (χ1) is 14.6. The largest absolute Gasteiger partial charge is 0.340 e. The summed E-state index contributed by atoms with van der Waals surface area (Å²) in [5.74, 6) is -0.490. The summed E-state index contributed by atoms with van der Waals surface area (Å²) >= 11 is 0. The van der Waals surface area contributed by atoms with E-state index in [-0.39, 0.29) is 11.7 Å². The second-order valence-electron chi connectivity index (χ2n) is 6.61. The number of amides is 1. The number of hydrogen-bond acceptors (Lipinski definition) is 3. The summed E-state index contributed by atoms with van der Waals surface area (Å²) < 4.78 is 26.7. The van der Waals surface area contributed by atoms with Gasteiger partial charge in [-0.25, -0.2) is 13.8 Å². The highest BCUT2D eigenvalue weighted by Crippen LogP contribution is 2.22. The number of anilines is 3. The molecule has 0 aliphatic heterocycles. The van der Waals surface area contributed by atoms with E-state index in [2.05, 4.69) is 15.6 Å². The molecule has 0 fully saturated rings. The maximum atomic E-state index is 13.4. The van der Waals surface area contributed by atoms with E-state index in [1.54, 1.807) is 48.7 Å². The zero-order valence-corrected chi connectivity index (χ0v) is 15.8. The average molecular weight is 401 g/mol. The van der Waals surface area contributed by atoms with Crippen molar-refractivity contribution in [2.45, 2.75) is 0 Å². The molecule has 2 N–H and O–H groups in total. The molecule has 4 rings (SSSR count). The molecule has 0 bridgehead atoms. The van der Waals surface area contributed by atoms with Gasteiger partial charge in [0, 0.05) is 28.7 Å². The Morgan fingerprint density at radius 3 is 2.20 bits per heavy atom. The number of carbonyl (C=O) groups is 1. The first kappa shape index (κ1) is 19.3. The summed E-state index contributed by atoms with van der Waals surface area (Å²) in [4.78, 5) is 16.8. The van der Waals surface area contributed by atoms with Gasteiger partial charge in [-0.05, 0) is 66.2 Å². The summed E-state index contributed by atoms with van der Waals surface area (Å²) in [6, 6.07) is 22.5. The van der Waals surface area contributed by atoms with E-state index < -0.39 is 5.82 Å². The lowest BCUT2D eigenvalue weighted by Crippen LogP contribution is -2.12. The van der Waals surface area contributed by atoms with Crippen LogP contribution in [0.1, 0.15) is 10.4 Å². The van der Waals surface area contributed by atoms with Crippen LogP contribution in [0, 0.1) is 11.6 Å². The van der Waals surface area contributed by atoms with Crippen LogP contribution in [0.5, 0.6) is 0 Å². The molecule has 0 saturated heterocycles. The standard InChI is InChI=1S/C24H17F2N3O/c25-19-6-1-4-16(12-19)18-10-11-23(27-15-18)28-21-8-2-5-17(13-21)24(30)29-22-9-3-7-20(26)14-22/h1-15H,(H,27,28)(H,29,30). The van der Waals surface area contributed by atoms with E-state index >= 15 is 0 Å². The minimum Gasteiger partial charge on any atom is -0.340 e. The van der Waals surface area contributed by atoms with E-state index in [1.807, 2.05) is 12.1 Å². The second kappa shape index (κ2) is 8.53. The Morgan fingerprint density at radius 1 is 0.733 bits per heavy atom. The van der Waals surface area contributed by atoms with Crippen LogP contribution in [-0.4, -0.2) is 10.9 Å². The lowest BCUT2D eigenvalue weighted by Gasteiger charge is -2.09. The Morgan fingerprint density at radius 2 is 1.47 bits per heavy atom. The summed E-state index contributed by atoms with van der Waals surface area (Å²) in [6.45, 7) is 0. The molecule has 4 nitrogen and oxygen atoms in total. The van der Waals surface area contributed by atoms with E-state index in [9.17, 15) is 13.6 Å². The topological polar surface area (TPSA) is 54.0 Å². The maximum Gasteiger partial charge on any atom is 0.255 e. The van der Waals surface area contributed by atoms with Gasteiger partial charge in [-0.15, -0.1) is 0 Å². The van der Waals surface area contributed by atoms with Gasteiger partial charge in [0.05, 0.1) is 0 Å². The van der Waals surface area contributed by atoms with Gasteiger partial charge in [-0.3, -0.25) is 4.79 Å². The van der Waals surface area contributed by atoms with Crippen molar-refractivity contribution >= 4 is 23.1 Å². The van der Waals surface area contributed by atoms with Crippen molar-refractivity contribution in [3.8, 4) is 11.1 Å². The predicted molar refractivity (Wildman–Crippen MR) is 114 cm³/mol. The number of nitrogens with zero attached hydrogens (tertiary/aromatic N) is 1. The Hall–Kier alpha value is -4.06. The van der Waals surface area contributed by atoms with E-state index in [0.717, 1.165) is 11.1 Å². The number of nitrogens with one attached hydrogen (secondary N) is 2. The van der Waals surface area contributed by atoms with Crippen molar-refractivity contribution in [1.29, 1.82) is 0 Å². The molecule has 0 unspecified atom stereocenters. The average Bonchev–Trinajstić information content (AvgIpc) is 2.74. The highest BCUT2D eigenvalue weighted by atomic mass is 19.1.